The lowest BCUT2D eigenvalue weighted by molar-refractivity contribution is -0.116. The zero-order valence-electron chi connectivity index (χ0n) is 13.9. The molecule has 0 aliphatic carbocycles. The Morgan fingerprint density at radius 3 is 2.65 bits per heavy atom. The van der Waals surface area contributed by atoms with Gasteiger partial charge in [-0.25, -0.2) is 4.98 Å². The molecule has 3 rings (SSSR count). The highest BCUT2D eigenvalue weighted by atomic mass is 35.5. The topological polar surface area (TPSA) is 59.1 Å². The second-order valence-corrected chi connectivity index (χ2v) is 8.24. The number of hydrogen-bond acceptors (Lipinski definition) is 5. The summed E-state index contributed by atoms with van der Waals surface area (Å²) in [6, 6.07) is 11.3. The van der Waals surface area contributed by atoms with Crippen molar-refractivity contribution < 1.29 is 9.59 Å². The summed E-state index contributed by atoms with van der Waals surface area (Å²) in [5.74, 6) is -0.0244. The third kappa shape index (κ3) is 5.49. The van der Waals surface area contributed by atoms with Gasteiger partial charge in [-0.1, -0.05) is 29.8 Å². The van der Waals surface area contributed by atoms with Crippen LogP contribution in [0.5, 0.6) is 0 Å². The van der Waals surface area contributed by atoms with Gasteiger partial charge in [-0.15, -0.1) is 22.7 Å². The second-order valence-electron chi connectivity index (χ2n) is 5.74. The van der Waals surface area contributed by atoms with Gasteiger partial charge in [0.15, 0.2) is 10.9 Å². The smallest absolute Gasteiger partial charge is 0.226 e. The number of carbonyl (C=O) groups is 2. The van der Waals surface area contributed by atoms with Crippen molar-refractivity contribution in [2.75, 3.05) is 5.32 Å². The number of rotatable bonds is 8. The molecule has 0 fully saturated rings. The summed E-state index contributed by atoms with van der Waals surface area (Å²) in [7, 11) is 0. The van der Waals surface area contributed by atoms with Crippen LogP contribution in [0.1, 0.15) is 39.4 Å². The van der Waals surface area contributed by atoms with E-state index in [-0.39, 0.29) is 11.7 Å². The summed E-state index contributed by atoms with van der Waals surface area (Å²) in [5.41, 5.74) is 1.14. The van der Waals surface area contributed by atoms with E-state index in [0.717, 1.165) is 21.7 Å². The molecule has 0 bridgehead atoms. The summed E-state index contributed by atoms with van der Waals surface area (Å²) < 4.78 is 0. The molecule has 0 radical (unpaired) electrons. The van der Waals surface area contributed by atoms with Crippen LogP contribution in [-0.4, -0.2) is 16.7 Å². The minimum atomic E-state index is -0.114. The maximum Gasteiger partial charge on any atom is 0.226 e. The minimum absolute atomic E-state index is 0.0901. The van der Waals surface area contributed by atoms with E-state index < -0.39 is 0 Å². The number of halogens is 1. The van der Waals surface area contributed by atoms with Crippen molar-refractivity contribution in [3.05, 3.63) is 68.3 Å². The normalized spacial score (nSPS) is 10.7. The molecule has 0 spiro atoms. The number of thiazole rings is 1. The molecule has 3 aromatic rings. The Labute approximate surface area is 164 Å². The van der Waals surface area contributed by atoms with Crippen LogP contribution in [0.2, 0.25) is 5.02 Å². The Balaban J connectivity index is 1.44. The van der Waals surface area contributed by atoms with Gasteiger partial charge >= 0.3 is 0 Å². The number of aromatic nitrogens is 1. The number of ketones is 1. The summed E-state index contributed by atoms with van der Waals surface area (Å²) in [6.45, 7) is 0. The minimum Gasteiger partial charge on any atom is -0.302 e. The van der Waals surface area contributed by atoms with Crippen LogP contribution >= 0.6 is 34.3 Å². The summed E-state index contributed by atoms with van der Waals surface area (Å²) >= 11 is 8.78. The molecular formula is C19H17ClN2O2S2. The molecule has 0 unspecified atom stereocenters. The molecule has 26 heavy (non-hydrogen) atoms. The van der Waals surface area contributed by atoms with Gasteiger partial charge in [0.2, 0.25) is 5.91 Å². The van der Waals surface area contributed by atoms with E-state index in [0.29, 0.717) is 29.4 Å². The van der Waals surface area contributed by atoms with Crippen molar-refractivity contribution in [3.8, 4) is 0 Å². The highest BCUT2D eigenvalue weighted by Gasteiger charge is 2.10. The van der Waals surface area contributed by atoms with Gasteiger partial charge in [0, 0.05) is 35.4 Å². The molecule has 0 saturated heterocycles. The number of hydrogen-bond donors (Lipinski definition) is 1. The zero-order chi connectivity index (χ0) is 18.4. The van der Waals surface area contributed by atoms with E-state index in [1.807, 2.05) is 41.8 Å². The predicted molar refractivity (Wildman–Crippen MR) is 108 cm³/mol. The molecule has 0 saturated carbocycles. The van der Waals surface area contributed by atoms with Crippen molar-refractivity contribution in [1.82, 2.24) is 4.98 Å². The molecule has 1 N–H and O–H groups in total. The third-order valence-corrected chi connectivity index (χ3v) is 5.77. The Morgan fingerprint density at radius 1 is 1.12 bits per heavy atom. The molecular weight excluding hydrogens is 388 g/mol. The molecule has 134 valence electrons. The number of carbonyl (C=O) groups excluding carboxylic acids is 2. The highest BCUT2D eigenvalue weighted by molar-refractivity contribution is 7.15. The van der Waals surface area contributed by atoms with Crippen LogP contribution in [0.25, 0.3) is 0 Å². The lowest BCUT2D eigenvalue weighted by atomic mass is 10.1. The maximum atomic E-state index is 12.0. The summed E-state index contributed by atoms with van der Waals surface area (Å²) in [5, 5.41) is 5.98. The average molecular weight is 405 g/mol. The highest BCUT2D eigenvalue weighted by Crippen LogP contribution is 2.22. The van der Waals surface area contributed by atoms with Gasteiger partial charge in [0.05, 0.1) is 4.88 Å². The maximum absolute atomic E-state index is 12.0. The number of amides is 1. The van der Waals surface area contributed by atoms with Crippen molar-refractivity contribution in [2.24, 2.45) is 0 Å². The van der Waals surface area contributed by atoms with Gasteiger partial charge in [-0.2, -0.15) is 0 Å². The first-order valence-corrected chi connectivity index (χ1v) is 10.2. The van der Waals surface area contributed by atoms with Gasteiger partial charge in [0.25, 0.3) is 0 Å². The molecule has 1 amide bonds. The van der Waals surface area contributed by atoms with Crippen LogP contribution < -0.4 is 5.32 Å². The van der Waals surface area contributed by atoms with Crippen LogP contribution in [-0.2, 0) is 11.2 Å². The third-order valence-electron chi connectivity index (χ3n) is 3.70. The lowest BCUT2D eigenvalue weighted by Gasteiger charge is -2.01. The monoisotopic (exact) mass is 404 g/mol. The van der Waals surface area contributed by atoms with Gasteiger partial charge < -0.3 is 5.32 Å². The standard InChI is InChI=1S/C19H17ClN2O2S2/c20-14-8-6-13(7-9-14)11-15-12-21-19(26-15)22-18(24)5-1-3-16(23)17-4-2-10-25-17/h2,4,6-10,12H,1,3,5,11H2,(H,21,22,24). The summed E-state index contributed by atoms with van der Waals surface area (Å²) in [4.78, 5) is 30.0. The summed E-state index contributed by atoms with van der Waals surface area (Å²) in [6.07, 6.45) is 3.75. The fraction of sp³-hybridized carbons (Fsp3) is 0.211. The Hall–Kier alpha value is -2.02. The van der Waals surface area contributed by atoms with Crippen LogP contribution in [0, 0.1) is 0 Å². The number of benzene rings is 1. The average Bonchev–Trinajstić information content (AvgIpc) is 3.29. The SMILES string of the molecule is O=C(CCCC(=O)c1cccs1)Nc1ncc(Cc2ccc(Cl)cc2)s1. The van der Waals surface area contributed by atoms with Crippen LogP contribution in [0.15, 0.2) is 48.0 Å². The number of Topliss-reactive ketones (excluding diaryl/α,β-unsaturated/α-hetero) is 1. The van der Waals surface area contributed by atoms with Crippen molar-refractivity contribution >= 4 is 51.1 Å². The second kappa shape index (κ2) is 9.07. The molecule has 1 aromatic carbocycles. The fourth-order valence-electron chi connectivity index (χ4n) is 2.40. The van der Waals surface area contributed by atoms with E-state index in [2.05, 4.69) is 10.3 Å². The number of anilines is 1. The van der Waals surface area contributed by atoms with Crippen LogP contribution in [0.4, 0.5) is 5.13 Å². The Morgan fingerprint density at radius 2 is 1.92 bits per heavy atom. The first kappa shape index (κ1) is 18.8. The molecule has 0 aliphatic rings. The molecule has 0 aliphatic heterocycles. The molecule has 2 aromatic heterocycles. The van der Waals surface area contributed by atoms with Crippen molar-refractivity contribution in [3.63, 3.8) is 0 Å². The zero-order valence-corrected chi connectivity index (χ0v) is 16.3. The molecule has 7 heteroatoms. The fourth-order valence-corrected chi connectivity index (χ4v) is 4.09. The quantitative estimate of drug-likeness (QED) is 0.508. The van der Waals surface area contributed by atoms with Crippen LogP contribution in [0.3, 0.4) is 0 Å². The Bertz CT molecular complexity index is 873. The number of nitrogens with zero attached hydrogens (tertiary/aromatic N) is 1. The van der Waals surface area contributed by atoms with Gasteiger partial charge in [0.1, 0.15) is 0 Å². The van der Waals surface area contributed by atoms with E-state index in [9.17, 15) is 9.59 Å². The first-order valence-electron chi connectivity index (χ1n) is 8.16. The number of nitrogens with one attached hydrogen (secondary N) is 1. The van der Waals surface area contributed by atoms with Crippen molar-refractivity contribution in [2.45, 2.75) is 25.7 Å². The van der Waals surface area contributed by atoms with E-state index in [1.54, 1.807) is 6.20 Å². The van der Waals surface area contributed by atoms with Crippen molar-refractivity contribution in [1.29, 1.82) is 0 Å². The van der Waals surface area contributed by atoms with Gasteiger partial charge in [-0.05, 0) is 35.6 Å². The van der Waals surface area contributed by atoms with Gasteiger partial charge in [-0.3, -0.25) is 9.59 Å². The lowest BCUT2D eigenvalue weighted by Crippen LogP contribution is -2.11. The predicted octanol–water partition coefficient (Wildman–Crippen LogP) is 5.44. The van der Waals surface area contributed by atoms with E-state index >= 15 is 0 Å². The molecule has 2 heterocycles. The first-order chi connectivity index (χ1) is 12.6. The molecule has 0 atom stereocenters. The largest absolute Gasteiger partial charge is 0.302 e. The number of thiophene rings is 1. The Kier molecular flexibility index (Phi) is 6.55. The van der Waals surface area contributed by atoms with E-state index in [1.165, 1.54) is 22.7 Å². The molecule has 4 nitrogen and oxygen atoms in total. The van der Waals surface area contributed by atoms with E-state index in [4.69, 9.17) is 11.6 Å².